The van der Waals surface area contributed by atoms with Crippen LogP contribution in [0, 0.1) is 5.41 Å². The van der Waals surface area contributed by atoms with Crippen molar-refractivity contribution in [2.75, 3.05) is 43.5 Å². The van der Waals surface area contributed by atoms with Gasteiger partial charge < -0.3 is 50.4 Å². The van der Waals surface area contributed by atoms with Crippen LogP contribution < -0.4 is 16.4 Å². The zero-order valence-electron chi connectivity index (χ0n) is 34.4. The summed E-state index contributed by atoms with van der Waals surface area (Å²) in [4.78, 5) is 99.2. The smallest absolute Gasteiger partial charge is 0.386 e. The third-order valence-corrected chi connectivity index (χ3v) is 14.0. The Morgan fingerprint density at radius 1 is 1.08 bits per heavy atom. The molecule has 2 unspecified atom stereocenters. The molecule has 0 radical (unpaired) electrons. The standard InChI is InChI=1S/C33H54N7O18P3S2/c1-4-5-6-8-21(62-16-14-41)9-7-10-24(43)63-15-13-35-23(42)11-12-36-31(46)28(45)33(2,3)18-55-61(52,53)58-60(50,51)54-17-22-27(57-59(47,48)49)26(44)32(56-22)40-20-39-25-29(34)37-19-38-30(25)40/h7,10,14,19-22,26-27,31-32,36,44,46H,4-6,8-9,11-13,15-18H2,1-3H3,(H,35,42)(H,50,51)(H,52,53)(H2,34,37,38)(H2,47,48,49)/b10-7+/t21-,22+,26-,27+,31+,32-/m1/s1. The van der Waals surface area contributed by atoms with E-state index < -0.39 is 84.6 Å². The van der Waals surface area contributed by atoms with Crippen molar-refractivity contribution in [2.45, 2.75) is 95.3 Å². The number of allylic oxidation sites excluding steroid dienone is 1. The number of fused-ring (bicyclic) bond motifs is 1. The lowest BCUT2D eigenvalue weighted by Crippen LogP contribution is -2.46. The fraction of sp³-hybridized carbons (Fsp3) is 0.667. The Kier molecular flexibility index (Phi) is 22.1. The van der Waals surface area contributed by atoms with Gasteiger partial charge in [-0.3, -0.25) is 37.8 Å². The van der Waals surface area contributed by atoms with E-state index in [9.17, 15) is 62.7 Å². The average molecular weight is 994 g/mol. The monoisotopic (exact) mass is 993 g/mol. The van der Waals surface area contributed by atoms with Gasteiger partial charge in [-0.15, -0.1) is 0 Å². The van der Waals surface area contributed by atoms with Crippen LogP contribution in [0.1, 0.15) is 65.5 Å². The fourth-order valence-corrected chi connectivity index (χ4v) is 10.1. The van der Waals surface area contributed by atoms with E-state index in [0.29, 0.717) is 17.9 Å². The Bertz CT molecular complexity index is 2030. The molecule has 1 fully saturated rings. The second-order valence-corrected chi connectivity index (χ2v) is 21.1. The number of nitrogen functional groups attached to an aromatic ring is 1. The molecule has 0 aliphatic carbocycles. The molecule has 3 heterocycles. The number of thioether (sulfide) groups is 2. The maximum absolute atomic E-state index is 12.9. The van der Waals surface area contributed by atoms with E-state index in [1.54, 1.807) is 17.8 Å². The molecule has 10 N–H and O–H groups in total. The van der Waals surface area contributed by atoms with Crippen molar-refractivity contribution in [2.24, 2.45) is 5.41 Å². The normalized spacial score (nSPS) is 21.2. The molecule has 30 heteroatoms. The van der Waals surface area contributed by atoms with Crippen LogP contribution in [0.15, 0.2) is 24.8 Å². The number of phosphoric ester groups is 3. The van der Waals surface area contributed by atoms with E-state index in [1.807, 2.05) is 0 Å². The number of imidazole rings is 1. The SMILES string of the molecule is CCCCC[C@H](C/C=C/C(=O)SCCNC(=O)CCN[C@@H](O)C(=O)C(C)(C)COP(=O)(O)OP(=O)(O)OC[C@@H]1O[C@@H](n2cnc3c(N)ncnc32)[C@H](O)[C@H]1OP(=O)(O)O)SCC=O. The Labute approximate surface area is 370 Å². The van der Waals surface area contributed by atoms with E-state index in [2.05, 4.69) is 41.3 Å². The van der Waals surface area contributed by atoms with Crippen LogP contribution in [0.4, 0.5) is 5.82 Å². The number of amides is 1. The summed E-state index contributed by atoms with van der Waals surface area (Å²) in [5, 5.41) is 26.4. The van der Waals surface area contributed by atoms with Gasteiger partial charge in [0.05, 0.1) is 25.0 Å². The molecule has 25 nitrogen and oxygen atoms in total. The predicted octanol–water partition coefficient (Wildman–Crippen LogP) is 1.49. The highest BCUT2D eigenvalue weighted by atomic mass is 32.2. The van der Waals surface area contributed by atoms with Crippen molar-refractivity contribution in [3.8, 4) is 0 Å². The van der Waals surface area contributed by atoms with Crippen molar-refractivity contribution in [1.29, 1.82) is 0 Å². The lowest BCUT2D eigenvalue weighted by Gasteiger charge is -2.27. The lowest BCUT2D eigenvalue weighted by molar-refractivity contribution is -0.139. The Morgan fingerprint density at radius 3 is 2.48 bits per heavy atom. The average Bonchev–Trinajstić information content (AvgIpc) is 3.76. The number of nitrogens with one attached hydrogen (secondary N) is 2. The highest BCUT2D eigenvalue weighted by Crippen LogP contribution is 2.61. The van der Waals surface area contributed by atoms with Crippen molar-refractivity contribution < 1.29 is 85.3 Å². The number of hydrogen-bond acceptors (Lipinski definition) is 21. The lowest BCUT2D eigenvalue weighted by atomic mass is 9.88. The number of Topliss-reactive ketones (excluding diaryl/α,β-unsaturated/α-hetero) is 1. The minimum atomic E-state index is -5.59. The summed E-state index contributed by atoms with van der Waals surface area (Å²) in [6.45, 7) is 2.43. The number of hydrogen-bond donors (Lipinski definition) is 9. The van der Waals surface area contributed by atoms with Gasteiger partial charge in [-0.05, 0) is 18.9 Å². The van der Waals surface area contributed by atoms with Gasteiger partial charge in [0.15, 0.2) is 29.7 Å². The second kappa shape index (κ2) is 25.4. The van der Waals surface area contributed by atoms with E-state index >= 15 is 0 Å². The molecule has 0 bridgehead atoms. The molecule has 3 rings (SSSR count). The molecular weight excluding hydrogens is 939 g/mol. The summed E-state index contributed by atoms with van der Waals surface area (Å²) in [5.41, 5.74) is 4.15. The first-order chi connectivity index (χ1) is 29.5. The van der Waals surface area contributed by atoms with Crippen LogP contribution in [0.3, 0.4) is 0 Å². The molecule has 0 saturated carbocycles. The number of aliphatic hydroxyl groups excluding tert-OH is 2. The maximum atomic E-state index is 12.9. The number of ketones is 1. The second-order valence-electron chi connectivity index (χ2n) is 14.4. The van der Waals surface area contributed by atoms with Gasteiger partial charge in [0.1, 0.15) is 36.4 Å². The van der Waals surface area contributed by atoms with Gasteiger partial charge in [-0.25, -0.2) is 28.6 Å². The first-order valence-corrected chi connectivity index (χ1v) is 25.8. The molecular formula is C33H54N7O18P3S2. The number of nitrogens with two attached hydrogens (primary N) is 1. The molecule has 8 atom stereocenters. The van der Waals surface area contributed by atoms with Gasteiger partial charge >= 0.3 is 23.5 Å². The zero-order valence-corrected chi connectivity index (χ0v) is 38.8. The zero-order chi connectivity index (χ0) is 47.0. The molecule has 2 aromatic rings. The summed E-state index contributed by atoms with van der Waals surface area (Å²) < 4.78 is 62.2. The van der Waals surface area contributed by atoms with Crippen LogP contribution in [0.25, 0.3) is 11.2 Å². The molecule has 0 aromatic carbocycles. The molecule has 1 saturated heterocycles. The van der Waals surface area contributed by atoms with E-state index in [1.165, 1.54) is 19.9 Å². The Hall–Kier alpha value is -2.52. The van der Waals surface area contributed by atoms with E-state index in [0.717, 1.165) is 61.0 Å². The number of rotatable bonds is 30. The number of nitrogens with zero attached hydrogens (tertiary/aromatic N) is 4. The molecule has 1 aliphatic rings. The Balaban J connectivity index is 1.42. The first-order valence-electron chi connectivity index (χ1n) is 19.3. The number of carbonyl (C=O) groups excluding carboxylic acids is 4. The van der Waals surface area contributed by atoms with Crippen LogP contribution >= 0.6 is 47.0 Å². The quantitative estimate of drug-likeness (QED) is 0.0176. The van der Waals surface area contributed by atoms with E-state index in [-0.39, 0.29) is 46.9 Å². The number of aliphatic hydroxyl groups is 2. The summed E-state index contributed by atoms with van der Waals surface area (Å²) in [5.74, 6) is -0.768. The minimum absolute atomic E-state index is 0.0252. The highest BCUT2D eigenvalue weighted by Gasteiger charge is 2.50. The molecule has 1 amide bonds. The van der Waals surface area contributed by atoms with Crippen LogP contribution in [0.2, 0.25) is 0 Å². The molecule has 63 heavy (non-hydrogen) atoms. The minimum Gasteiger partial charge on any atom is -0.386 e. The number of ether oxygens (including phenoxy) is 1. The van der Waals surface area contributed by atoms with Crippen molar-refractivity contribution in [3.63, 3.8) is 0 Å². The van der Waals surface area contributed by atoms with Crippen LogP contribution in [0.5, 0.6) is 0 Å². The predicted molar refractivity (Wildman–Crippen MR) is 227 cm³/mol. The van der Waals surface area contributed by atoms with Gasteiger partial charge in [-0.2, -0.15) is 16.1 Å². The van der Waals surface area contributed by atoms with Crippen molar-refractivity contribution >= 4 is 87.1 Å². The fourth-order valence-electron chi connectivity index (χ4n) is 5.73. The van der Waals surface area contributed by atoms with Gasteiger partial charge in [0.2, 0.25) is 11.0 Å². The van der Waals surface area contributed by atoms with Crippen molar-refractivity contribution in [3.05, 3.63) is 24.8 Å². The number of carbonyl (C=O) groups is 4. The van der Waals surface area contributed by atoms with Crippen molar-refractivity contribution in [1.82, 2.24) is 30.2 Å². The summed E-state index contributed by atoms with van der Waals surface area (Å²) >= 11 is 2.58. The third-order valence-electron chi connectivity index (χ3n) is 8.88. The highest BCUT2D eigenvalue weighted by molar-refractivity contribution is 8.14. The van der Waals surface area contributed by atoms with E-state index in [4.69, 9.17) is 19.5 Å². The third kappa shape index (κ3) is 18.7. The van der Waals surface area contributed by atoms with Crippen LogP contribution in [-0.2, 0) is 55.5 Å². The topological polar surface area (TPSA) is 381 Å². The van der Waals surface area contributed by atoms with Gasteiger partial charge in [-0.1, -0.05) is 57.9 Å². The van der Waals surface area contributed by atoms with Gasteiger partial charge in [0.25, 0.3) is 0 Å². The number of unbranched alkanes of at least 4 members (excludes halogenated alkanes) is 2. The summed E-state index contributed by atoms with van der Waals surface area (Å²) in [6.07, 6.45) is 2.02. The maximum Gasteiger partial charge on any atom is 0.481 e. The Morgan fingerprint density at radius 2 is 1.79 bits per heavy atom. The molecule has 1 aliphatic heterocycles. The number of anilines is 1. The summed E-state index contributed by atoms with van der Waals surface area (Å²) in [6, 6.07) is 0. The molecule has 2 aromatic heterocycles. The first kappa shape index (κ1) is 54.8. The largest absolute Gasteiger partial charge is 0.481 e. The van der Waals surface area contributed by atoms with Crippen LogP contribution in [-0.4, -0.2) is 140 Å². The number of aldehydes is 1. The molecule has 356 valence electrons. The molecule has 0 spiro atoms. The van der Waals surface area contributed by atoms with Gasteiger partial charge in [0, 0.05) is 36.3 Å². The number of aromatic nitrogens is 4. The number of phosphoric acid groups is 3. The summed E-state index contributed by atoms with van der Waals surface area (Å²) in [7, 11) is -16.5.